The maximum atomic E-state index is 13.9. The number of rotatable bonds is 5. The number of thioether (sulfide) groups is 1. The zero-order valence-corrected chi connectivity index (χ0v) is 18.2. The number of amides is 1. The van der Waals surface area contributed by atoms with E-state index < -0.39 is 11.6 Å². The van der Waals surface area contributed by atoms with Crippen LogP contribution in [0.5, 0.6) is 5.75 Å². The molecule has 0 bridgehead atoms. The minimum absolute atomic E-state index is 0.0394. The third-order valence-corrected chi connectivity index (χ3v) is 5.84. The summed E-state index contributed by atoms with van der Waals surface area (Å²) in [7, 11) is 0. The average molecular weight is 445 g/mol. The van der Waals surface area contributed by atoms with E-state index in [2.05, 4.69) is 43.1 Å². The van der Waals surface area contributed by atoms with Crippen molar-refractivity contribution in [3.8, 4) is 5.75 Å². The van der Waals surface area contributed by atoms with Crippen LogP contribution in [0, 0.1) is 11.6 Å². The third-order valence-electron chi connectivity index (χ3n) is 4.93. The van der Waals surface area contributed by atoms with Crippen LogP contribution in [0.2, 0.25) is 0 Å². The van der Waals surface area contributed by atoms with Gasteiger partial charge in [0.1, 0.15) is 12.4 Å². The Balaban J connectivity index is 1.56. The van der Waals surface area contributed by atoms with Gasteiger partial charge in [0.05, 0.1) is 12.3 Å². The first-order valence-electron chi connectivity index (χ1n) is 9.77. The van der Waals surface area contributed by atoms with E-state index >= 15 is 0 Å². The molecule has 0 radical (unpaired) electrons. The van der Waals surface area contributed by atoms with E-state index in [-0.39, 0.29) is 29.4 Å². The molecule has 0 saturated carbocycles. The summed E-state index contributed by atoms with van der Waals surface area (Å²) in [6, 6.07) is 11.2. The zero-order valence-electron chi connectivity index (χ0n) is 17.4. The molecule has 0 saturated heterocycles. The second-order valence-corrected chi connectivity index (χ2v) is 9.20. The van der Waals surface area contributed by atoms with E-state index in [4.69, 9.17) is 4.74 Å². The van der Waals surface area contributed by atoms with E-state index in [0.29, 0.717) is 17.5 Å². The Morgan fingerprint density at radius 2 is 1.84 bits per heavy atom. The number of benzene rings is 2. The number of nitrogens with zero attached hydrogens (tertiary/aromatic N) is 4. The van der Waals surface area contributed by atoms with Crippen LogP contribution >= 0.6 is 11.8 Å². The molecular formula is C22H22F2N4O2S. The molecule has 0 spiro atoms. The zero-order chi connectivity index (χ0) is 22.2. The highest BCUT2D eigenvalue weighted by molar-refractivity contribution is 7.99. The molecule has 0 atom stereocenters. The maximum absolute atomic E-state index is 13.9. The van der Waals surface area contributed by atoms with Gasteiger partial charge in [-0.1, -0.05) is 56.8 Å². The summed E-state index contributed by atoms with van der Waals surface area (Å²) in [6.07, 6.45) is 0. The number of hydrogen-bond acceptors (Lipinski definition) is 5. The van der Waals surface area contributed by atoms with Gasteiger partial charge in [0, 0.05) is 6.07 Å². The Morgan fingerprint density at radius 3 is 2.52 bits per heavy atom. The van der Waals surface area contributed by atoms with E-state index in [1.165, 1.54) is 23.4 Å². The fourth-order valence-corrected chi connectivity index (χ4v) is 4.03. The number of hydrogen-bond donors (Lipinski definition) is 0. The Morgan fingerprint density at radius 1 is 1.10 bits per heavy atom. The molecule has 4 rings (SSSR count). The Hall–Kier alpha value is -2.94. The first kappa shape index (κ1) is 21.3. The van der Waals surface area contributed by atoms with Gasteiger partial charge in [-0.3, -0.25) is 4.79 Å². The van der Waals surface area contributed by atoms with Crippen molar-refractivity contribution in [2.75, 3.05) is 10.8 Å². The van der Waals surface area contributed by atoms with E-state index in [9.17, 15) is 13.6 Å². The van der Waals surface area contributed by atoms with E-state index in [1.54, 1.807) is 9.69 Å². The molecule has 162 valence electrons. The van der Waals surface area contributed by atoms with Crippen molar-refractivity contribution in [3.63, 3.8) is 0 Å². The fourth-order valence-electron chi connectivity index (χ4n) is 3.21. The maximum Gasteiger partial charge on any atom is 0.252 e. The normalized spacial score (nSPS) is 14.0. The van der Waals surface area contributed by atoms with Crippen molar-refractivity contribution in [2.24, 2.45) is 0 Å². The number of halogens is 2. The van der Waals surface area contributed by atoms with Crippen molar-refractivity contribution < 1.29 is 18.3 Å². The molecule has 2 aromatic carbocycles. The topological polar surface area (TPSA) is 60.3 Å². The molecule has 0 fully saturated rings. The van der Waals surface area contributed by atoms with Gasteiger partial charge in [0.25, 0.3) is 5.91 Å². The second-order valence-electron chi connectivity index (χ2n) is 8.26. The summed E-state index contributed by atoms with van der Waals surface area (Å²) in [5.41, 5.74) is 2.21. The highest BCUT2D eigenvalue weighted by Crippen LogP contribution is 2.27. The van der Waals surface area contributed by atoms with Crippen LogP contribution in [0.15, 0.2) is 47.6 Å². The monoisotopic (exact) mass is 444 g/mol. The van der Waals surface area contributed by atoms with Gasteiger partial charge in [-0.05, 0) is 28.7 Å². The SMILES string of the molecule is CC(C)(C)c1ccc(CN2C(=O)CSc3nnc(COc4ccc(F)cc4F)n32)cc1. The summed E-state index contributed by atoms with van der Waals surface area (Å²) in [4.78, 5) is 12.7. The minimum Gasteiger partial charge on any atom is -0.482 e. The number of ether oxygens (including phenoxy) is 1. The molecule has 31 heavy (non-hydrogen) atoms. The number of aromatic nitrogens is 3. The highest BCUT2D eigenvalue weighted by Gasteiger charge is 2.29. The average Bonchev–Trinajstić information content (AvgIpc) is 3.12. The molecule has 9 heteroatoms. The predicted octanol–water partition coefficient (Wildman–Crippen LogP) is 4.20. The van der Waals surface area contributed by atoms with E-state index in [1.807, 2.05) is 12.1 Å². The van der Waals surface area contributed by atoms with Gasteiger partial charge in [-0.25, -0.2) is 18.5 Å². The van der Waals surface area contributed by atoms with Gasteiger partial charge >= 0.3 is 0 Å². The van der Waals surface area contributed by atoms with Crippen LogP contribution in [0.1, 0.15) is 37.7 Å². The van der Waals surface area contributed by atoms with Crippen LogP contribution < -0.4 is 9.75 Å². The molecule has 2 heterocycles. The summed E-state index contributed by atoms with van der Waals surface area (Å²) < 4.78 is 34.1. The summed E-state index contributed by atoms with van der Waals surface area (Å²) in [6.45, 7) is 6.66. The number of carbonyl (C=O) groups is 1. The smallest absolute Gasteiger partial charge is 0.252 e. The van der Waals surface area contributed by atoms with Crippen LogP contribution in [0.25, 0.3) is 0 Å². The molecule has 1 aliphatic heterocycles. The van der Waals surface area contributed by atoms with Gasteiger partial charge in [0.2, 0.25) is 5.16 Å². The molecule has 3 aromatic rings. The summed E-state index contributed by atoms with van der Waals surface area (Å²) in [5.74, 6) is -1.07. The number of carbonyl (C=O) groups excluding carboxylic acids is 1. The van der Waals surface area contributed by atoms with Crippen LogP contribution in [-0.2, 0) is 23.4 Å². The highest BCUT2D eigenvalue weighted by atomic mass is 32.2. The molecule has 1 aromatic heterocycles. The van der Waals surface area contributed by atoms with Crippen LogP contribution in [0.4, 0.5) is 8.78 Å². The molecule has 0 aliphatic carbocycles. The molecule has 1 aliphatic rings. The van der Waals surface area contributed by atoms with Gasteiger partial charge < -0.3 is 4.74 Å². The third kappa shape index (κ3) is 4.56. The Bertz CT molecular complexity index is 1110. The summed E-state index contributed by atoms with van der Waals surface area (Å²) in [5, 5.41) is 10.4. The van der Waals surface area contributed by atoms with Crippen LogP contribution in [0.3, 0.4) is 0 Å². The lowest BCUT2D eigenvalue weighted by atomic mass is 9.87. The van der Waals surface area contributed by atoms with Crippen LogP contribution in [-0.4, -0.2) is 26.5 Å². The van der Waals surface area contributed by atoms with Gasteiger partial charge in [0.15, 0.2) is 17.4 Å². The van der Waals surface area contributed by atoms with Crippen molar-refractivity contribution in [1.29, 1.82) is 0 Å². The van der Waals surface area contributed by atoms with Gasteiger partial charge in [-0.15, -0.1) is 10.2 Å². The molecule has 0 N–H and O–H groups in total. The fraction of sp³-hybridized carbons (Fsp3) is 0.318. The summed E-state index contributed by atoms with van der Waals surface area (Å²) >= 11 is 1.28. The molecule has 0 unspecified atom stereocenters. The second kappa shape index (κ2) is 8.30. The Kier molecular flexibility index (Phi) is 5.70. The largest absolute Gasteiger partial charge is 0.482 e. The standard InChI is InChI=1S/C22H22F2N4O2S/c1-22(2,3)15-6-4-14(5-7-15)11-27-20(29)13-31-21-26-25-19(28(21)27)12-30-18-9-8-16(23)10-17(18)24/h4-10H,11-13H2,1-3H3. The first-order valence-corrected chi connectivity index (χ1v) is 10.8. The predicted molar refractivity (Wildman–Crippen MR) is 114 cm³/mol. The van der Waals surface area contributed by atoms with Crippen molar-refractivity contribution >= 4 is 17.7 Å². The lowest BCUT2D eigenvalue weighted by molar-refractivity contribution is -0.118. The van der Waals surface area contributed by atoms with Gasteiger partial charge in [-0.2, -0.15) is 0 Å². The quantitative estimate of drug-likeness (QED) is 0.590. The van der Waals surface area contributed by atoms with Crippen molar-refractivity contribution in [3.05, 3.63) is 71.1 Å². The lowest BCUT2D eigenvalue weighted by Gasteiger charge is -2.29. The number of fused-ring (bicyclic) bond motifs is 1. The molecule has 6 nitrogen and oxygen atoms in total. The lowest BCUT2D eigenvalue weighted by Crippen LogP contribution is -2.45. The molecular weight excluding hydrogens is 422 g/mol. The minimum atomic E-state index is -0.806. The first-order chi connectivity index (χ1) is 14.7. The van der Waals surface area contributed by atoms with E-state index in [0.717, 1.165) is 17.7 Å². The molecule has 1 amide bonds. The van der Waals surface area contributed by atoms with Crippen molar-refractivity contribution in [1.82, 2.24) is 14.9 Å². The Labute approximate surface area is 183 Å². The van der Waals surface area contributed by atoms with Crippen molar-refractivity contribution in [2.45, 2.75) is 44.5 Å².